The van der Waals surface area contributed by atoms with E-state index in [0.717, 1.165) is 11.7 Å². The van der Waals surface area contributed by atoms with E-state index in [1.165, 1.54) is 28.9 Å². The number of hydrogen-bond donors (Lipinski definition) is 3. The van der Waals surface area contributed by atoms with Crippen molar-refractivity contribution in [1.82, 2.24) is 23.5 Å². The topological polar surface area (TPSA) is 155 Å². The lowest BCUT2D eigenvalue weighted by Gasteiger charge is -2.02. The maximum atomic E-state index is 11.2. The average Bonchev–Trinajstić information content (AvgIpc) is 3.04. The fourth-order valence-electron chi connectivity index (χ4n) is 1.69. The summed E-state index contributed by atoms with van der Waals surface area (Å²) in [5, 5.41) is 12.2. The van der Waals surface area contributed by atoms with Crippen LogP contribution in [0.2, 0.25) is 5.15 Å². The molecule has 0 aliphatic heterocycles. The summed E-state index contributed by atoms with van der Waals surface area (Å²) in [5.74, 6) is 0.539. The molecular formula is C10H9ClN8O2S2. The van der Waals surface area contributed by atoms with Gasteiger partial charge in [0.1, 0.15) is 0 Å². The molecule has 10 nitrogen and oxygen atoms in total. The number of nitrogen functional groups attached to an aromatic ring is 1. The molecule has 0 bridgehead atoms. The Kier molecular flexibility index (Phi) is 3.89. The van der Waals surface area contributed by atoms with Crippen molar-refractivity contribution in [2.45, 2.75) is 4.90 Å². The fraction of sp³-hybridized carbons (Fsp3) is 0. The van der Waals surface area contributed by atoms with Crippen LogP contribution in [0, 0.1) is 0 Å². The van der Waals surface area contributed by atoms with Crippen molar-refractivity contribution in [3.8, 4) is 5.82 Å². The standard InChI is InChI=1S/C10H9ClN8O2S2/c11-7-8(18-22-17-7)19-9(12)15-10(16-19)14-5-1-3-6(4-2-5)23(13,20)21/h1-4H,(H2,13,20,21)(H3,12,14,15,16). The SMILES string of the molecule is Nc1nc(Nc2ccc(S(N)(=O)=O)cc2)nn1-c1nsnc1Cl. The van der Waals surface area contributed by atoms with Crippen molar-refractivity contribution in [2.24, 2.45) is 5.14 Å². The third kappa shape index (κ3) is 3.24. The first-order valence-electron chi connectivity index (χ1n) is 5.95. The van der Waals surface area contributed by atoms with Gasteiger partial charge in [0, 0.05) is 5.69 Å². The van der Waals surface area contributed by atoms with Crippen LogP contribution in [-0.4, -0.2) is 31.9 Å². The Labute approximate surface area is 139 Å². The summed E-state index contributed by atoms with van der Waals surface area (Å²) in [5.41, 5.74) is 6.32. The lowest BCUT2D eigenvalue weighted by Crippen LogP contribution is -2.11. The van der Waals surface area contributed by atoms with Gasteiger partial charge < -0.3 is 11.1 Å². The molecule has 0 atom stereocenters. The second-order valence-electron chi connectivity index (χ2n) is 4.28. The van der Waals surface area contributed by atoms with E-state index in [4.69, 9.17) is 22.5 Å². The number of anilines is 3. The number of nitrogens with one attached hydrogen (secondary N) is 1. The summed E-state index contributed by atoms with van der Waals surface area (Å²) < 4.78 is 31.4. The van der Waals surface area contributed by atoms with E-state index in [1.807, 2.05) is 0 Å². The molecular weight excluding hydrogens is 364 g/mol. The molecule has 0 aliphatic carbocycles. The number of nitrogens with zero attached hydrogens (tertiary/aromatic N) is 5. The fourth-order valence-corrected chi connectivity index (χ4v) is 2.91. The average molecular weight is 373 g/mol. The molecule has 23 heavy (non-hydrogen) atoms. The van der Waals surface area contributed by atoms with Crippen LogP contribution in [0.5, 0.6) is 0 Å². The van der Waals surface area contributed by atoms with Crippen molar-refractivity contribution in [3.05, 3.63) is 29.4 Å². The quantitative estimate of drug-likeness (QED) is 0.605. The van der Waals surface area contributed by atoms with Crippen LogP contribution in [0.15, 0.2) is 29.2 Å². The van der Waals surface area contributed by atoms with Gasteiger partial charge in [-0.25, -0.2) is 13.6 Å². The molecule has 0 spiro atoms. The molecule has 13 heteroatoms. The second kappa shape index (κ2) is 5.73. The van der Waals surface area contributed by atoms with Crippen LogP contribution in [0.3, 0.4) is 0 Å². The predicted molar refractivity (Wildman–Crippen MR) is 85.3 cm³/mol. The number of nitrogens with two attached hydrogens (primary N) is 2. The molecule has 0 amide bonds. The molecule has 3 rings (SSSR count). The van der Waals surface area contributed by atoms with E-state index < -0.39 is 10.0 Å². The zero-order chi connectivity index (χ0) is 16.6. The van der Waals surface area contributed by atoms with Gasteiger partial charge in [-0.2, -0.15) is 18.4 Å². The van der Waals surface area contributed by atoms with Gasteiger partial charge in [-0.1, -0.05) is 11.6 Å². The largest absolute Gasteiger partial charge is 0.368 e. The van der Waals surface area contributed by atoms with Gasteiger partial charge in [-0.15, -0.1) is 5.10 Å². The zero-order valence-electron chi connectivity index (χ0n) is 11.2. The lowest BCUT2D eigenvalue weighted by molar-refractivity contribution is 0.598. The molecule has 0 fully saturated rings. The molecule has 2 aromatic heterocycles. The first-order valence-corrected chi connectivity index (χ1v) is 8.61. The van der Waals surface area contributed by atoms with Crippen molar-refractivity contribution < 1.29 is 8.42 Å². The molecule has 0 aliphatic rings. The van der Waals surface area contributed by atoms with Crippen LogP contribution < -0.4 is 16.2 Å². The maximum absolute atomic E-state index is 11.2. The Hall–Kier alpha value is -2.28. The van der Waals surface area contributed by atoms with Crippen molar-refractivity contribution >= 4 is 50.9 Å². The summed E-state index contributed by atoms with van der Waals surface area (Å²) >= 11 is 6.80. The van der Waals surface area contributed by atoms with Gasteiger partial charge in [0.05, 0.1) is 16.6 Å². The number of sulfonamides is 1. The molecule has 2 heterocycles. The van der Waals surface area contributed by atoms with Crippen LogP contribution in [-0.2, 0) is 10.0 Å². The molecule has 0 unspecified atom stereocenters. The van der Waals surface area contributed by atoms with E-state index >= 15 is 0 Å². The maximum Gasteiger partial charge on any atom is 0.248 e. The highest BCUT2D eigenvalue weighted by molar-refractivity contribution is 7.89. The van der Waals surface area contributed by atoms with Crippen molar-refractivity contribution in [3.63, 3.8) is 0 Å². The highest BCUT2D eigenvalue weighted by Gasteiger charge is 2.15. The summed E-state index contributed by atoms with van der Waals surface area (Å²) in [6.45, 7) is 0. The Bertz CT molecular complexity index is 950. The van der Waals surface area contributed by atoms with E-state index in [1.54, 1.807) is 0 Å². The van der Waals surface area contributed by atoms with Gasteiger partial charge in [0.15, 0.2) is 5.15 Å². The monoisotopic (exact) mass is 372 g/mol. The minimum absolute atomic E-state index is 0.00128. The van der Waals surface area contributed by atoms with Gasteiger partial charge in [0.25, 0.3) is 0 Å². The second-order valence-corrected chi connectivity index (χ2v) is 6.73. The third-order valence-corrected chi connectivity index (χ3v) is 4.51. The number of halogens is 1. The molecule has 0 radical (unpaired) electrons. The molecule has 3 aromatic rings. The van der Waals surface area contributed by atoms with Crippen LogP contribution in [0.1, 0.15) is 0 Å². The summed E-state index contributed by atoms with van der Waals surface area (Å²) in [6, 6.07) is 5.76. The van der Waals surface area contributed by atoms with Gasteiger partial charge in [-0.3, -0.25) is 0 Å². The van der Waals surface area contributed by atoms with Gasteiger partial charge in [-0.05, 0) is 24.3 Å². The summed E-state index contributed by atoms with van der Waals surface area (Å²) in [6.07, 6.45) is 0. The smallest absolute Gasteiger partial charge is 0.248 e. The first-order chi connectivity index (χ1) is 10.8. The Balaban J connectivity index is 1.86. The lowest BCUT2D eigenvalue weighted by atomic mass is 10.3. The van der Waals surface area contributed by atoms with Gasteiger partial charge in [0.2, 0.25) is 27.7 Å². The highest BCUT2D eigenvalue weighted by Crippen LogP contribution is 2.22. The summed E-state index contributed by atoms with van der Waals surface area (Å²) in [4.78, 5) is 4.03. The Morgan fingerprint density at radius 3 is 2.48 bits per heavy atom. The van der Waals surface area contributed by atoms with E-state index in [9.17, 15) is 8.42 Å². The van der Waals surface area contributed by atoms with E-state index in [0.29, 0.717) is 5.69 Å². The Morgan fingerprint density at radius 2 is 1.91 bits per heavy atom. The predicted octanol–water partition coefficient (Wildman–Crippen LogP) is 0.745. The van der Waals surface area contributed by atoms with Crippen LogP contribution in [0.25, 0.3) is 5.82 Å². The van der Waals surface area contributed by atoms with Crippen LogP contribution in [0.4, 0.5) is 17.6 Å². The molecule has 0 saturated carbocycles. The normalized spacial score (nSPS) is 11.6. The van der Waals surface area contributed by atoms with Gasteiger partial charge >= 0.3 is 0 Å². The van der Waals surface area contributed by atoms with E-state index in [2.05, 4.69) is 24.1 Å². The molecule has 120 valence electrons. The zero-order valence-corrected chi connectivity index (χ0v) is 13.6. The first kappa shape index (κ1) is 15.6. The minimum atomic E-state index is -3.74. The Morgan fingerprint density at radius 1 is 1.22 bits per heavy atom. The number of benzene rings is 1. The number of hydrogen-bond acceptors (Lipinski definition) is 9. The molecule has 5 N–H and O–H groups in total. The van der Waals surface area contributed by atoms with Crippen LogP contribution >= 0.6 is 23.3 Å². The number of rotatable bonds is 4. The third-order valence-electron chi connectivity index (χ3n) is 2.70. The number of aromatic nitrogens is 5. The number of primary sulfonamides is 1. The molecule has 1 aromatic carbocycles. The summed E-state index contributed by atoms with van der Waals surface area (Å²) in [7, 11) is -3.74. The van der Waals surface area contributed by atoms with Crippen molar-refractivity contribution in [2.75, 3.05) is 11.1 Å². The molecule has 0 saturated heterocycles. The highest BCUT2D eigenvalue weighted by atomic mass is 35.5. The minimum Gasteiger partial charge on any atom is -0.368 e. The van der Waals surface area contributed by atoms with E-state index in [-0.39, 0.29) is 27.8 Å². The van der Waals surface area contributed by atoms with Crippen molar-refractivity contribution in [1.29, 1.82) is 0 Å².